The minimum absolute atomic E-state index is 0.743. The van der Waals surface area contributed by atoms with E-state index in [-0.39, 0.29) is 0 Å². The van der Waals surface area contributed by atoms with Crippen molar-refractivity contribution in [3.05, 3.63) is 36.3 Å². The van der Waals surface area contributed by atoms with Crippen LogP contribution in [0, 0.1) is 5.92 Å². The highest BCUT2D eigenvalue weighted by Gasteiger charge is 2.12. The highest BCUT2D eigenvalue weighted by molar-refractivity contribution is 5.55. The number of pyridine rings is 1. The lowest BCUT2D eigenvalue weighted by atomic mass is 9.91. The molecule has 0 aliphatic carbocycles. The molecule has 0 spiro atoms. The Hall–Kier alpha value is -2.21. The summed E-state index contributed by atoms with van der Waals surface area (Å²) in [5.41, 5.74) is 1.32. The minimum Gasteiger partial charge on any atom is -0.373 e. The second kappa shape index (κ2) is 7.87. The zero-order valence-corrected chi connectivity index (χ0v) is 13.5. The first-order chi connectivity index (χ1) is 11.3. The van der Waals surface area contributed by atoms with Gasteiger partial charge >= 0.3 is 0 Å². The van der Waals surface area contributed by atoms with Crippen molar-refractivity contribution in [3.8, 4) is 0 Å². The van der Waals surface area contributed by atoms with Gasteiger partial charge in [0.1, 0.15) is 23.8 Å². The molecule has 0 saturated carbocycles. The number of nitrogens with one attached hydrogen (secondary N) is 3. The summed E-state index contributed by atoms with van der Waals surface area (Å²) < 4.78 is 0. The molecular weight excluding hydrogens is 288 g/mol. The molecule has 122 valence electrons. The summed E-state index contributed by atoms with van der Waals surface area (Å²) in [6, 6.07) is 6.08. The van der Waals surface area contributed by atoms with Crippen molar-refractivity contribution < 1.29 is 0 Å². The van der Waals surface area contributed by atoms with E-state index >= 15 is 0 Å². The van der Waals surface area contributed by atoms with Crippen molar-refractivity contribution in [1.29, 1.82) is 0 Å². The molecule has 6 heteroatoms. The van der Waals surface area contributed by atoms with Crippen LogP contribution in [0.4, 0.5) is 17.5 Å². The Kier molecular flexibility index (Phi) is 5.37. The number of aromatic nitrogens is 3. The van der Waals surface area contributed by atoms with E-state index in [1.807, 2.05) is 19.3 Å². The monoisotopic (exact) mass is 312 g/mol. The number of anilines is 3. The molecule has 2 aromatic rings. The van der Waals surface area contributed by atoms with Crippen LogP contribution >= 0.6 is 0 Å². The molecule has 1 fully saturated rings. The summed E-state index contributed by atoms with van der Waals surface area (Å²) >= 11 is 0. The lowest BCUT2D eigenvalue weighted by Crippen LogP contribution is -2.27. The van der Waals surface area contributed by atoms with Crippen molar-refractivity contribution in [2.75, 3.05) is 30.8 Å². The summed E-state index contributed by atoms with van der Waals surface area (Å²) in [7, 11) is 1.84. The normalized spacial score (nSPS) is 15.3. The van der Waals surface area contributed by atoms with Gasteiger partial charge < -0.3 is 16.0 Å². The van der Waals surface area contributed by atoms with Crippen molar-refractivity contribution in [1.82, 2.24) is 20.3 Å². The third-order valence-corrected chi connectivity index (χ3v) is 4.30. The van der Waals surface area contributed by atoms with Crippen LogP contribution in [0.2, 0.25) is 0 Å². The van der Waals surface area contributed by atoms with Gasteiger partial charge in [-0.05, 0) is 62.4 Å². The maximum Gasteiger partial charge on any atom is 0.137 e. The maximum atomic E-state index is 4.38. The Balaban J connectivity index is 1.60. The second-order valence-corrected chi connectivity index (χ2v) is 5.94. The highest BCUT2D eigenvalue weighted by Crippen LogP contribution is 2.20. The molecule has 3 heterocycles. The smallest absolute Gasteiger partial charge is 0.137 e. The first-order valence-electron chi connectivity index (χ1n) is 8.26. The number of rotatable bonds is 6. The Morgan fingerprint density at radius 1 is 1.09 bits per heavy atom. The molecule has 0 unspecified atom stereocenters. The zero-order chi connectivity index (χ0) is 15.9. The number of nitrogens with zero attached hydrogens (tertiary/aromatic N) is 3. The SMILES string of the molecule is CNc1cc(Nc2cc(CCC3CCNCC3)ccn2)ncn1. The number of aryl methyl sites for hydroxylation is 1. The first-order valence-corrected chi connectivity index (χ1v) is 8.26. The number of hydrogen-bond donors (Lipinski definition) is 3. The number of hydrogen-bond acceptors (Lipinski definition) is 6. The van der Waals surface area contributed by atoms with E-state index in [2.05, 4.69) is 43.0 Å². The zero-order valence-electron chi connectivity index (χ0n) is 13.5. The van der Waals surface area contributed by atoms with E-state index in [0.717, 1.165) is 42.9 Å². The van der Waals surface area contributed by atoms with Crippen LogP contribution in [-0.2, 0) is 6.42 Å². The van der Waals surface area contributed by atoms with E-state index in [0.29, 0.717) is 0 Å². The topological polar surface area (TPSA) is 74.8 Å². The van der Waals surface area contributed by atoms with Crippen LogP contribution in [-0.4, -0.2) is 35.1 Å². The van der Waals surface area contributed by atoms with E-state index < -0.39 is 0 Å². The van der Waals surface area contributed by atoms with Crippen molar-refractivity contribution in [3.63, 3.8) is 0 Å². The lowest BCUT2D eigenvalue weighted by Gasteiger charge is -2.22. The molecular formula is C17H24N6. The Morgan fingerprint density at radius 2 is 1.87 bits per heavy atom. The molecule has 3 rings (SSSR count). The fourth-order valence-electron chi connectivity index (χ4n) is 2.93. The van der Waals surface area contributed by atoms with Gasteiger partial charge in [0.05, 0.1) is 0 Å². The standard InChI is InChI=1S/C17H24N6/c1-18-15-11-17(22-12-21-15)23-16-10-14(6-9-20-16)3-2-13-4-7-19-8-5-13/h6,9-13,19H,2-5,7-8H2,1H3,(H2,18,20,21,22,23). The molecule has 0 aromatic carbocycles. The Bertz CT molecular complexity index is 624. The lowest BCUT2D eigenvalue weighted by molar-refractivity contribution is 0.354. The predicted molar refractivity (Wildman–Crippen MR) is 93.0 cm³/mol. The molecule has 0 atom stereocenters. The quantitative estimate of drug-likeness (QED) is 0.761. The second-order valence-electron chi connectivity index (χ2n) is 5.94. The summed E-state index contributed by atoms with van der Waals surface area (Å²) in [6.45, 7) is 2.32. The summed E-state index contributed by atoms with van der Waals surface area (Å²) in [6.07, 6.45) is 8.35. The highest BCUT2D eigenvalue weighted by atomic mass is 15.1. The summed E-state index contributed by atoms with van der Waals surface area (Å²) in [4.78, 5) is 12.7. The van der Waals surface area contributed by atoms with Gasteiger partial charge in [-0.1, -0.05) is 0 Å². The van der Waals surface area contributed by atoms with Gasteiger partial charge in [-0.25, -0.2) is 15.0 Å². The van der Waals surface area contributed by atoms with Crippen LogP contribution in [0.5, 0.6) is 0 Å². The van der Waals surface area contributed by atoms with Crippen LogP contribution in [0.1, 0.15) is 24.8 Å². The Morgan fingerprint density at radius 3 is 2.70 bits per heavy atom. The molecule has 1 saturated heterocycles. The van der Waals surface area contributed by atoms with Gasteiger partial charge in [0.25, 0.3) is 0 Å². The third kappa shape index (κ3) is 4.63. The van der Waals surface area contributed by atoms with Crippen LogP contribution < -0.4 is 16.0 Å². The van der Waals surface area contributed by atoms with Gasteiger partial charge in [0.15, 0.2) is 0 Å². The van der Waals surface area contributed by atoms with Gasteiger partial charge in [-0.3, -0.25) is 0 Å². The fourth-order valence-corrected chi connectivity index (χ4v) is 2.93. The van der Waals surface area contributed by atoms with E-state index in [4.69, 9.17) is 0 Å². The van der Waals surface area contributed by atoms with Crippen LogP contribution in [0.25, 0.3) is 0 Å². The summed E-state index contributed by atoms with van der Waals surface area (Å²) in [5.74, 6) is 3.20. The first kappa shape index (κ1) is 15.7. The number of piperidine rings is 1. The molecule has 1 aliphatic heterocycles. The van der Waals surface area contributed by atoms with Gasteiger partial charge in [-0.15, -0.1) is 0 Å². The van der Waals surface area contributed by atoms with E-state index in [9.17, 15) is 0 Å². The van der Waals surface area contributed by atoms with Crippen molar-refractivity contribution in [2.24, 2.45) is 5.92 Å². The molecule has 6 nitrogen and oxygen atoms in total. The van der Waals surface area contributed by atoms with Gasteiger partial charge in [0, 0.05) is 19.3 Å². The van der Waals surface area contributed by atoms with Crippen molar-refractivity contribution >= 4 is 17.5 Å². The van der Waals surface area contributed by atoms with Gasteiger partial charge in [0.2, 0.25) is 0 Å². The minimum atomic E-state index is 0.743. The molecule has 1 aliphatic rings. The molecule has 0 amide bonds. The molecule has 23 heavy (non-hydrogen) atoms. The molecule has 3 N–H and O–H groups in total. The predicted octanol–water partition coefficient (Wildman–Crippen LogP) is 2.59. The Labute approximate surface area is 137 Å². The van der Waals surface area contributed by atoms with Crippen molar-refractivity contribution in [2.45, 2.75) is 25.7 Å². The fraction of sp³-hybridized carbons (Fsp3) is 0.471. The largest absolute Gasteiger partial charge is 0.373 e. The molecule has 0 bridgehead atoms. The third-order valence-electron chi connectivity index (χ3n) is 4.30. The average Bonchev–Trinajstić information content (AvgIpc) is 2.61. The average molecular weight is 312 g/mol. The summed E-state index contributed by atoms with van der Waals surface area (Å²) in [5, 5.41) is 9.67. The molecule has 0 radical (unpaired) electrons. The van der Waals surface area contributed by atoms with Gasteiger partial charge in [-0.2, -0.15) is 0 Å². The van der Waals surface area contributed by atoms with Crippen LogP contribution in [0.15, 0.2) is 30.7 Å². The van der Waals surface area contributed by atoms with E-state index in [1.165, 1.54) is 31.2 Å². The maximum absolute atomic E-state index is 4.38. The van der Waals surface area contributed by atoms with Crippen LogP contribution in [0.3, 0.4) is 0 Å². The van der Waals surface area contributed by atoms with E-state index in [1.54, 1.807) is 0 Å². The molecule has 2 aromatic heterocycles.